The summed E-state index contributed by atoms with van der Waals surface area (Å²) in [7, 11) is 0. The number of ether oxygens (including phenoxy) is 1. The second-order valence-corrected chi connectivity index (χ2v) is 8.04. The number of nitrogens with zero attached hydrogens (tertiary/aromatic N) is 1. The van der Waals surface area contributed by atoms with Crippen LogP contribution in [0.4, 0.5) is 0 Å². The lowest BCUT2D eigenvalue weighted by Gasteiger charge is -2.32. The minimum Gasteiger partial charge on any atom is -0.353 e. The number of aliphatic imine (C=N–C) groups is 1. The number of carbonyl (C=O) groups excluding carboxylic acids is 1. The summed E-state index contributed by atoms with van der Waals surface area (Å²) in [5.41, 5.74) is 5.43. The summed E-state index contributed by atoms with van der Waals surface area (Å²) < 4.78 is 6.43. The fourth-order valence-electron chi connectivity index (χ4n) is 3.93. The van der Waals surface area contributed by atoms with Crippen LogP contribution in [0.5, 0.6) is 0 Å². The minimum atomic E-state index is -0.715. The molecular formula is C24H33NO2. The standard InChI is InChI=1S/C24H33NO2/c1-6-11-21(19(7-2)14-18(3)4)17-27-24(5)23(15-22(16-26)25-24)20-12-9-8-10-13-20/h8-10,12-13,16,18,21,23H,2,6,11,14-15,17H2,1,3-5H3. The molecule has 0 radical (unpaired) electrons. The summed E-state index contributed by atoms with van der Waals surface area (Å²) in [6.07, 6.45) is 4.60. The van der Waals surface area contributed by atoms with Crippen molar-refractivity contribution in [2.45, 2.75) is 65.0 Å². The van der Waals surface area contributed by atoms with E-state index in [2.05, 4.69) is 50.2 Å². The molecule has 146 valence electrons. The summed E-state index contributed by atoms with van der Waals surface area (Å²) >= 11 is 0. The topological polar surface area (TPSA) is 38.7 Å². The molecule has 0 saturated heterocycles. The zero-order chi connectivity index (χ0) is 19.9. The van der Waals surface area contributed by atoms with Gasteiger partial charge in [-0.25, -0.2) is 0 Å². The van der Waals surface area contributed by atoms with E-state index < -0.39 is 5.72 Å². The van der Waals surface area contributed by atoms with E-state index in [4.69, 9.17) is 4.74 Å². The SMILES string of the molecule is C=C=C(CC(C)C)C(CCC)COC1(C)N=C(C=O)CC1c1ccccc1. The molecule has 1 heterocycles. The number of aldehydes is 1. The number of benzene rings is 1. The van der Waals surface area contributed by atoms with E-state index in [1.54, 1.807) is 0 Å². The van der Waals surface area contributed by atoms with E-state index in [1.165, 1.54) is 5.57 Å². The monoisotopic (exact) mass is 367 g/mol. The lowest BCUT2D eigenvalue weighted by atomic mass is 9.87. The molecule has 3 atom stereocenters. The van der Waals surface area contributed by atoms with Crippen molar-refractivity contribution in [3.8, 4) is 0 Å². The third-order valence-electron chi connectivity index (χ3n) is 5.33. The highest BCUT2D eigenvalue weighted by atomic mass is 16.5. The maximum absolute atomic E-state index is 11.4. The van der Waals surface area contributed by atoms with Crippen LogP contribution in [0.2, 0.25) is 0 Å². The van der Waals surface area contributed by atoms with E-state index in [9.17, 15) is 4.79 Å². The largest absolute Gasteiger partial charge is 0.353 e. The van der Waals surface area contributed by atoms with E-state index in [0.717, 1.165) is 31.1 Å². The maximum Gasteiger partial charge on any atom is 0.163 e. The summed E-state index contributed by atoms with van der Waals surface area (Å²) in [5, 5.41) is 0. The lowest BCUT2D eigenvalue weighted by molar-refractivity contribution is -0.102. The Morgan fingerprint density at radius 3 is 2.67 bits per heavy atom. The molecule has 0 aliphatic carbocycles. The van der Waals surface area contributed by atoms with Crippen molar-refractivity contribution in [2.24, 2.45) is 16.8 Å². The second-order valence-electron chi connectivity index (χ2n) is 8.04. The van der Waals surface area contributed by atoms with Crippen LogP contribution >= 0.6 is 0 Å². The molecule has 0 saturated carbocycles. The molecule has 2 rings (SSSR count). The molecule has 1 aliphatic rings. The molecule has 1 aliphatic heterocycles. The van der Waals surface area contributed by atoms with Crippen LogP contribution in [0.1, 0.15) is 64.9 Å². The third-order valence-corrected chi connectivity index (χ3v) is 5.33. The van der Waals surface area contributed by atoms with Crippen molar-refractivity contribution < 1.29 is 9.53 Å². The fraction of sp³-hybridized carbons (Fsp3) is 0.542. The molecule has 3 nitrogen and oxygen atoms in total. The van der Waals surface area contributed by atoms with E-state index in [-0.39, 0.29) is 5.92 Å². The summed E-state index contributed by atoms with van der Waals surface area (Å²) in [4.78, 5) is 16.0. The first-order valence-corrected chi connectivity index (χ1v) is 10.0. The van der Waals surface area contributed by atoms with E-state index in [1.807, 2.05) is 25.1 Å². The zero-order valence-corrected chi connectivity index (χ0v) is 17.2. The second kappa shape index (κ2) is 9.82. The summed E-state index contributed by atoms with van der Waals surface area (Å²) in [6, 6.07) is 10.2. The molecule has 0 spiro atoms. The molecule has 0 amide bonds. The number of hydrogen-bond acceptors (Lipinski definition) is 3. The highest BCUT2D eigenvalue weighted by Crippen LogP contribution is 2.41. The van der Waals surface area contributed by atoms with Gasteiger partial charge in [0.15, 0.2) is 12.0 Å². The molecule has 0 fully saturated rings. The van der Waals surface area contributed by atoms with Crippen LogP contribution in [0, 0.1) is 11.8 Å². The van der Waals surface area contributed by atoms with Gasteiger partial charge < -0.3 is 4.74 Å². The Morgan fingerprint density at radius 2 is 2.11 bits per heavy atom. The Bertz CT molecular complexity index is 700. The van der Waals surface area contributed by atoms with Crippen molar-refractivity contribution in [3.05, 3.63) is 53.8 Å². The summed E-state index contributed by atoms with van der Waals surface area (Å²) in [6.45, 7) is 13.1. The smallest absolute Gasteiger partial charge is 0.163 e. The van der Waals surface area contributed by atoms with Crippen molar-refractivity contribution in [3.63, 3.8) is 0 Å². The molecule has 27 heavy (non-hydrogen) atoms. The van der Waals surface area contributed by atoms with Crippen molar-refractivity contribution in [1.82, 2.24) is 0 Å². The molecule has 0 N–H and O–H groups in total. The molecule has 1 aromatic rings. The van der Waals surface area contributed by atoms with Gasteiger partial charge in [-0.05, 0) is 36.8 Å². The Kier molecular flexibility index (Phi) is 7.77. The first-order valence-electron chi connectivity index (χ1n) is 10.0. The first-order chi connectivity index (χ1) is 12.9. The Morgan fingerprint density at radius 1 is 1.41 bits per heavy atom. The lowest BCUT2D eigenvalue weighted by Crippen LogP contribution is -2.33. The quantitative estimate of drug-likeness (QED) is 0.392. The molecular weight excluding hydrogens is 334 g/mol. The van der Waals surface area contributed by atoms with Crippen LogP contribution in [0.3, 0.4) is 0 Å². The average Bonchev–Trinajstić information content (AvgIpc) is 3.01. The van der Waals surface area contributed by atoms with Gasteiger partial charge in [0.25, 0.3) is 0 Å². The van der Waals surface area contributed by atoms with Gasteiger partial charge in [-0.1, -0.05) is 64.1 Å². The van der Waals surface area contributed by atoms with Crippen LogP contribution in [-0.4, -0.2) is 24.3 Å². The van der Waals surface area contributed by atoms with Crippen LogP contribution in [-0.2, 0) is 9.53 Å². The maximum atomic E-state index is 11.4. The molecule has 0 aromatic heterocycles. The van der Waals surface area contributed by atoms with Gasteiger partial charge in [0.1, 0.15) is 0 Å². The highest BCUT2D eigenvalue weighted by molar-refractivity contribution is 6.29. The Hall–Kier alpha value is -1.96. The fourth-order valence-corrected chi connectivity index (χ4v) is 3.93. The van der Waals surface area contributed by atoms with Gasteiger partial charge in [0.2, 0.25) is 0 Å². The zero-order valence-electron chi connectivity index (χ0n) is 17.2. The third kappa shape index (κ3) is 5.51. The number of carbonyl (C=O) groups is 1. The number of hydrogen-bond donors (Lipinski definition) is 0. The highest BCUT2D eigenvalue weighted by Gasteiger charge is 2.42. The van der Waals surface area contributed by atoms with Gasteiger partial charge in [-0.15, -0.1) is 5.73 Å². The van der Waals surface area contributed by atoms with E-state index >= 15 is 0 Å². The van der Waals surface area contributed by atoms with Crippen molar-refractivity contribution in [1.29, 1.82) is 0 Å². The summed E-state index contributed by atoms with van der Waals surface area (Å²) in [5.74, 6) is 0.911. The van der Waals surface area contributed by atoms with E-state index in [0.29, 0.717) is 30.6 Å². The van der Waals surface area contributed by atoms with Crippen LogP contribution in [0.15, 0.2) is 53.2 Å². The normalized spacial score (nSPS) is 23.0. The van der Waals surface area contributed by atoms with Gasteiger partial charge >= 0.3 is 0 Å². The minimum absolute atomic E-state index is 0.0578. The predicted octanol–water partition coefficient (Wildman–Crippen LogP) is 5.72. The Balaban J connectivity index is 2.21. The van der Waals surface area contributed by atoms with Crippen molar-refractivity contribution >= 4 is 12.0 Å². The van der Waals surface area contributed by atoms with Gasteiger partial charge in [0, 0.05) is 18.3 Å². The molecule has 3 unspecified atom stereocenters. The number of rotatable bonds is 10. The molecule has 0 bridgehead atoms. The molecule has 3 heteroatoms. The predicted molar refractivity (Wildman–Crippen MR) is 112 cm³/mol. The van der Waals surface area contributed by atoms with Crippen LogP contribution < -0.4 is 0 Å². The van der Waals surface area contributed by atoms with Crippen LogP contribution in [0.25, 0.3) is 0 Å². The molecule has 1 aromatic carbocycles. The Labute approximate surface area is 164 Å². The van der Waals surface area contributed by atoms with Gasteiger partial charge in [0.05, 0.1) is 12.3 Å². The first kappa shape index (κ1) is 21.3. The van der Waals surface area contributed by atoms with Gasteiger partial charge in [-0.3, -0.25) is 9.79 Å². The average molecular weight is 368 g/mol. The van der Waals surface area contributed by atoms with Gasteiger partial charge in [-0.2, -0.15) is 0 Å². The van der Waals surface area contributed by atoms with Crippen molar-refractivity contribution in [2.75, 3.05) is 6.61 Å².